The molecule has 1 aromatic carbocycles. The third-order valence-electron chi connectivity index (χ3n) is 6.73. The van der Waals surface area contributed by atoms with E-state index in [-0.39, 0.29) is 35.6 Å². The van der Waals surface area contributed by atoms with Crippen molar-refractivity contribution in [3.8, 4) is 11.5 Å². The van der Waals surface area contributed by atoms with Gasteiger partial charge in [-0.05, 0) is 49.8 Å². The molecule has 36 heavy (non-hydrogen) atoms. The van der Waals surface area contributed by atoms with Gasteiger partial charge in [0.25, 0.3) is 11.8 Å². The Kier molecular flexibility index (Phi) is 11.9. The normalized spacial score (nSPS) is 18.4. The molecule has 2 N–H and O–H groups in total. The molecule has 0 aromatic heterocycles. The molecule has 1 heterocycles. The van der Waals surface area contributed by atoms with Crippen molar-refractivity contribution in [2.24, 2.45) is 17.8 Å². The van der Waals surface area contributed by atoms with E-state index in [0.29, 0.717) is 43.4 Å². The first-order chi connectivity index (χ1) is 17.1. The van der Waals surface area contributed by atoms with Gasteiger partial charge in [0.05, 0.1) is 13.7 Å². The summed E-state index contributed by atoms with van der Waals surface area (Å²) in [5.41, 5.74) is 0.543. The topological polar surface area (TPSA) is 101 Å². The number of methoxy groups -OCH3 is 2. The highest BCUT2D eigenvalue weighted by Gasteiger charge is 2.34. The second-order valence-corrected chi connectivity index (χ2v) is 10.2. The van der Waals surface area contributed by atoms with E-state index in [4.69, 9.17) is 14.2 Å². The average Bonchev–Trinajstić information content (AvgIpc) is 3.29. The zero-order valence-electron chi connectivity index (χ0n) is 23.0. The lowest BCUT2D eigenvalue weighted by Gasteiger charge is -2.33. The van der Waals surface area contributed by atoms with Crippen LogP contribution in [0.2, 0.25) is 0 Å². The number of hydrogen-bond donors (Lipinski definition) is 2. The number of aliphatic hydroxyl groups is 1. The van der Waals surface area contributed by atoms with Gasteiger partial charge in [-0.1, -0.05) is 13.8 Å². The molecular weight excluding hydrogens is 462 g/mol. The molecule has 9 heteroatoms. The van der Waals surface area contributed by atoms with E-state index in [2.05, 4.69) is 5.32 Å². The van der Waals surface area contributed by atoms with Gasteiger partial charge in [-0.15, -0.1) is 0 Å². The maximum atomic E-state index is 13.6. The van der Waals surface area contributed by atoms with Crippen LogP contribution in [0.15, 0.2) is 18.2 Å². The fraction of sp³-hybridized carbons (Fsp3) is 0.704. The van der Waals surface area contributed by atoms with Gasteiger partial charge in [0.1, 0.15) is 6.10 Å². The second kappa shape index (κ2) is 14.4. The molecule has 0 bridgehead atoms. The quantitative estimate of drug-likeness (QED) is 0.373. The number of hydrogen-bond acceptors (Lipinski definition) is 7. The van der Waals surface area contributed by atoms with Crippen molar-refractivity contribution < 1.29 is 28.9 Å². The van der Waals surface area contributed by atoms with Crippen LogP contribution < -0.4 is 14.8 Å². The van der Waals surface area contributed by atoms with Crippen LogP contribution in [0.4, 0.5) is 0 Å². The molecule has 0 unspecified atom stereocenters. The summed E-state index contributed by atoms with van der Waals surface area (Å²) in [5, 5.41) is 13.6. The summed E-state index contributed by atoms with van der Waals surface area (Å²) in [6, 6.07) is 5.27. The zero-order chi connectivity index (χ0) is 26.8. The Morgan fingerprint density at radius 1 is 1.06 bits per heavy atom. The van der Waals surface area contributed by atoms with Crippen LogP contribution in [-0.4, -0.2) is 99.5 Å². The zero-order valence-corrected chi connectivity index (χ0v) is 23.0. The van der Waals surface area contributed by atoms with Crippen molar-refractivity contribution in [2.75, 3.05) is 60.7 Å². The van der Waals surface area contributed by atoms with E-state index in [9.17, 15) is 14.7 Å². The van der Waals surface area contributed by atoms with Crippen LogP contribution in [0.25, 0.3) is 0 Å². The standard InChI is InChI=1S/C27H45N3O6/c1-18(2)25(31)27(33)29(5)16-21-14-28-15-22(21)17-30(19(3)4)26(32)20-9-10-23(35-7)24(13-20)36-12-8-11-34-6/h9-10,13,18-19,21-22,25,28,31H,8,11-12,14-17H2,1-7H3/t21-,22-,25-/m0/s1. The molecule has 9 nitrogen and oxygen atoms in total. The van der Waals surface area contributed by atoms with Crippen LogP contribution in [-0.2, 0) is 9.53 Å². The Labute approximate surface area is 216 Å². The minimum absolute atomic E-state index is 0.00551. The van der Waals surface area contributed by atoms with Gasteiger partial charge < -0.3 is 34.4 Å². The van der Waals surface area contributed by atoms with Gasteiger partial charge in [0.2, 0.25) is 0 Å². The number of rotatable bonds is 14. The third kappa shape index (κ3) is 8.08. The highest BCUT2D eigenvalue weighted by Crippen LogP contribution is 2.30. The third-order valence-corrected chi connectivity index (χ3v) is 6.73. The molecule has 3 atom stereocenters. The number of nitrogens with zero attached hydrogens (tertiary/aromatic N) is 2. The highest BCUT2D eigenvalue weighted by atomic mass is 16.5. The summed E-state index contributed by atoms with van der Waals surface area (Å²) in [5.74, 6) is 1.02. The van der Waals surface area contributed by atoms with Crippen LogP contribution >= 0.6 is 0 Å². The summed E-state index contributed by atoms with van der Waals surface area (Å²) >= 11 is 0. The first-order valence-corrected chi connectivity index (χ1v) is 12.8. The molecule has 0 radical (unpaired) electrons. The number of ether oxygens (including phenoxy) is 3. The van der Waals surface area contributed by atoms with Crippen molar-refractivity contribution in [3.63, 3.8) is 0 Å². The van der Waals surface area contributed by atoms with E-state index in [1.54, 1.807) is 44.4 Å². The number of benzene rings is 1. The van der Waals surface area contributed by atoms with E-state index in [0.717, 1.165) is 19.5 Å². The molecule has 0 saturated carbocycles. The summed E-state index contributed by atoms with van der Waals surface area (Å²) in [4.78, 5) is 29.7. The number of aliphatic hydroxyl groups excluding tert-OH is 1. The van der Waals surface area contributed by atoms with Gasteiger partial charge in [0.15, 0.2) is 11.5 Å². The highest BCUT2D eigenvalue weighted by molar-refractivity contribution is 5.95. The smallest absolute Gasteiger partial charge is 0.254 e. The lowest BCUT2D eigenvalue weighted by molar-refractivity contribution is -0.141. The van der Waals surface area contributed by atoms with Gasteiger partial charge in [-0.25, -0.2) is 0 Å². The molecule has 0 aliphatic carbocycles. The molecule has 204 valence electrons. The summed E-state index contributed by atoms with van der Waals surface area (Å²) in [7, 11) is 4.96. The first-order valence-electron chi connectivity index (χ1n) is 12.8. The summed E-state index contributed by atoms with van der Waals surface area (Å²) in [6.07, 6.45) is -0.269. The number of carbonyl (C=O) groups is 2. The molecule has 1 aromatic rings. The Morgan fingerprint density at radius 2 is 1.72 bits per heavy atom. The van der Waals surface area contributed by atoms with Crippen LogP contribution in [0.3, 0.4) is 0 Å². The second-order valence-electron chi connectivity index (χ2n) is 10.2. The van der Waals surface area contributed by atoms with Crippen molar-refractivity contribution in [2.45, 2.75) is 46.3 Å². The lowest BCUT2D eigenvalue weighted by Crippen LogP contribution is -2.45. The van der Waals surface area contributed by atoms with E-state index in [1.807, 2.05) is 32.6 Å². The van der Waals surface area contributed by atoms with Gasteiger partial charge >= 0.3 is 0 Å². The number of likely N-dealkylation sites (N-methyl/N-ethyl adjacent to an activating group) is 1. The Morgan fingerprint density at radius 3 is 2.31 bits per heavy atom. The molecule has 1 aliphatic heterocycles. The Hall–Kier alpha value is -2.36. The molecule has 1 aliphatic rings. The van der Waals surface area contributed by atoms with Gasteiger partial charge in [-0.2, -0.15) is 0 Å². The van der Waals surface area contributed by atoms with Crippen molar-refractivity contribution in [1.82, 2.24) is 15.1 Å². The Balaban J connectivity index is 2.12. The molecule has 2 amide bonds. The van der Waals surface area contributed by atoms with Crippen molar-refractivity contribution in [1.29, 1.82) is 0 Å². The van der Waals surface area contributed by atoms with Crippen LogP contribution in [0, 0.1) is 17.8 Å². The van der Waals surface area contributed by atoms with Crippen molar-refractivity contribution in [3.05, 3.63) is 23.8 Å². The number of nitrogens with one attached hydrogen (secondary N) is 1. The number of amides is 2. The number of carbonyl (C=O) groups excluding carboxylic acids is 2. The SMILES string of the molecule is COCCCOc1cc(C(=O)N(C[C@@H]2CNC[C@H]2CN(C)C(=O)[C@@H](O)C(C)C)C(C)C)ccc1OC. The predicted octanol–water partition coefficient (Wildman–Crippen LogP) is 2.27. The predicted molar refractivity (Wildman–Crippen MR) is 139 cm³/mol. The molecule has 1 saturated heterocycles. The van der Waals surface area contributed by atoms with Gasteiger partial charge in [0, 0.05) is 65.0 Å². The van der Waals surface area contributed by atoms with Crippen LogP contribution in [0.1, 0.15) is 44.5 Å². The molecule has 2 rings (SSSR count). The van der Waals surface area contributed by atoms with Crippen molar-refractivity contribution >= 4 is 11.8 Å². The fourth-order valence-electron chi connectivity index (χ4n) is 4.42. The van der Waals surface area contributed by atoms with Crippen LogP contribution in [0.5, 0.6) is 11.5 Å². The molecule has 1 fully saturated rings. The minimum atomic E-state index is -1.00. The molecule has 0 spiro atoms. The monoisotopic (exact) mass is 507 g/mol. The first kappa shape index (κ1) is 29.9. The van der Waals surface area contributed by atoms with Gasteiger partial charge in [-0.3, -0.25) is 9.59 Å². The Bertz CT molecular complexity index is 847. The maximum absolute atomic E-state index is 13.6. The minimum Gasteiger partial charge on any atom is -0.493 e. The maximum Gasteiger partial charge on any atom is 0.254 e. The lowest BCUT2D eigenvalue weighted by atomic mass is 9.93. The molecular formula is C27H45N3O6. The summed E-state index contributed by atoms with van der Waals surface area (Å²) in [6.45, 7) is 11.4. The average molecular weight is 508 g/mol. The van der Waals surface area contributed by atoms with E-state index in [1.165, 1.54) is 0 Å². The van der Waals surface area contributed by atoms with E-state index < -0.39 is 6.10 Å². The summed E-state index contributed by atoms with van der Waals surface area (Å²) < 4.78 is 16.4. The fourth-order valence-corrected chi connectivity index (χ4v) is 4.42. The largest absolute Gasteiger partial charge is 0.493 e. The van der Waals surface area contributed by atoms with E-state index >= 15 is 0 Å².